The normalized spacial score (nSPS) is 10.5. The molecule has 3 rings (SSSR count). The van der Waals surface area contributed by atoms with Gasteiger partial charge in [-0.25, -0.2) is 4.98 Å². The first-order valence-corrected chi connectivity index (χ1v) is 9.36. The second kappa shape index (κ2) is 9.10. The number of hydrogen-bond donors (Lipinski definition) is 2. The number of anilines is 3. The third-order valence-electron chi connectivity index (χ3n) is 4.52. The van der Waals surface area contributed by atoms with Gasteiger partial charge in [0.05, 0.1) is 31.8 Å². The second-order valence-corrected chi connectivity index (χ2v) is 6.85. The molecule has 0 aliphatic heterocycles. The Balaban J connectivity index is 1.67. The van der Waals surface area contributed by atoms with Gasteiger partial charge in [-0.15, -0.1) is 0 Å². The van der Waals surface area contributed by atoms with Crippen molar-refractivity contribution in [1.82, 2.24) is 4.98 Å². The van der Waals surface area contributed by atoms with Crippen LogP contribution in [-0.4, -0.2) is 25.1 Å². The van der Waals surface area contributed by atoms with E-state index in [9.17, 15) is 4.79 Å². The minimum Gasteiger partial charge on any atom is -0.497 e. The molecule has 3 aromatic rings. The molecule has 0 atom stereocenters. The van der Waals surface area contributed by atoms with Crippen molar-refractivity contribution in [2.75, 3.05) is 24.9 Å². The molecule has 29 heavy (non-hydrogen) atoms. The lowest BCUT2D eigenvalue weighted by molar-refractivity contribution is 0.102. The number of nitrogens with zero attached hydrogens (tertiary/aromatic N) is 1. The number of aromatic nitrogens is 1. The highest BCUT2D eigenvalue weighted by Gasteiger charge is 2.12. The lowest BCUT2D eigenvalue weighted by atomic mass is 10.0. The standard InChI is InChI=1S/C23H25N3O3/c1-15(2)16-5-7-17(8-6-16)25-18-9-11-21(24-14-18)23(27)26-20-12-10-19(28-3)13-22(20)29-4/h5-15,25H,1-4H3,(H,26,27). The van der Waals surface area contributed by atoms with Crippen LogP contribution >= 0.6 is 0 Å². The number of benzene rings is 2. The molecule has 0 fully saturated rings. The fourth-order valence-electron chi connectivity index (χ4n) is 2.81. The number of ether oxygens (including phenoxy) is 2. The number of amides is 1. The van der Waals surface area contributed by atoms with E-state index in [1.165, 1.54) is 12.7 Å². The van der Waals surface area contributed by atoms with Gasteiger partial charge in [0.25, 0.3) is 5.91 Å². The fraction of sp³-hybridized carbons (Fsp3) is 0.217. The molecule has 1 amide bonds. The number of methoxy groups -OCH3 is 2. The summed E-state index contributed by atoms with van der Waals surface area (Å²) < 4.78 is 10.5. The zero-order valence-corrected chi connectivity index (χ0v) is 17.0. The van der Waals surface area contributed by atoms with Crippen LogP contribution in [0.3, 0.4) is 0 Å². The van der Waals surface area contributed by atoms with Crippen LogP contribution in [0.4, 0.5) is 17.1 Å². The van der Waals surface area contributed by atoms with Crippen molar-refractivity contribution in [1.29, 1.82) is 0 Å². The molecule has 1 heterocycles. The molecule has 1 aromatic heterocycles. The van der Waals surface area contributed by atoms with Gasteiger partial charge in [-0.1, -0.05) is 26.0 Å². The van der Waals surface area contributed by atoms with E-state index in [0.29, 0.717) is 28.8 Å². The Kier molecular flexibility index (Phi) is 6.34. The lowest BCUT2D eigenvalue weighted by Gasteiger charge is -2.12. The third-order valence-corrected chi connectivity index (χ3v) is 4.52. The molecule has 6 heteroatoms. The van der Waals surface area contributed by atoms with Crippen molar-refractivity contribution in [3.05, 3.63) is 72.1 Å². The summed E-state index contributed by atoms with van der Waals surface area (Å²) in [5, 5.41) is 6.10. The van der Waals surface area contributed by atoms with Gasteiger partial charge in [0.2, 0.25) is 0 Å². The average molecular weight is 391 g/mol. The van der Waals surface area contributed by atoms with Crippen LogP contribution in [-0.2, 0) is 0 Å². The monoisotopic (exact) mass is 391 g/mol. The number of nitrogens with one attached hydrogen (secondary N) is 2. The Morgan fingerprint density at radius 3 is 2.24 bits per heavy atom. The molecule has 0 spiro atoms. The van der Waals surface area contributed by atoms with Crippen LogP contribution in [0.2, 0.25) is 0 Å². The lowest BCUT2D eigenvalue weighted by Crippen LogP contribution is -2.14. The van der Waals surface area contributed by atoms with Gasteiger partial charge in [0.15, 0.2) is 0 Å². The van der Waals surface area contributed by atoms with E-state index in [1.807, 2.05) is 18.2 Å². The van der Waals surface area contributed by atoms with Crippen LogP contribution in [0.1, 0.15) is 35.8 Å². The van der Waals surface area contributed by atoms with Crippen LogP contribution in [0, 0.1) is 0 Å². The summed E-state index contributed by atoms with van der Waals surface area (Å²) in [5.41, 5.74) is 3.92. The molecule has 2 aromatic carbocycles. The zero-order chi connectivity index (χ0) is 20.8. The smallest absolute Gasteiger partial charge is 0.274 e. The Hall–Kier alpha value is -3.54. The van der Waals surface area contributed by atoms with Crippen molar-refractivity contribution in [2.24, 2.45) is 0 Å². The Labute approximate surface area is 170 Å². The molecular weight excluding hydrogens is 366 g/mol. The van der Waals surface area contributed by atoms with Gasteiger partial charge >= 0.3 is 0 Å². The number of rotatable bonds is 7. The number of hydrogen-bond acceptors (Lipinski definition) is 5. The van der Waals surface area contributed by atoms with Crippen molar-refractivity contribution in [2.45, 2.75) is 19.8 Å². The van der Waals surface area contributed by atoms with Crippen LogP contribution in [0.25, 0.3) is 0 Å². The van der Waals surface area contributed by atoms with Crippen LogP contribution in [0.15, 0.2) is 60.8 Å². The van der Waals surface area contributed by atoms with Gasteiger partial charge < -0.3 is 20.1 Å². The van der Waals surface area contributed by atoms with Crippen LogP contribution < -0.4 is 20.1 Å². The summed E-state index contributed by atoms with van der Waals surface area (Å²) in [5.74, 6) is 1.34. The average Bonchev–Trinajstić information content (AvgIpc) is 2.74. The van der Waals surface area contributed by atoms with Crippen LogP contribution in [0.5, 0.6) is 11.5 Å². The predicted octanol–water partition coefficient (Wildman–Crippen LogP) is 5.22. The maximum Gasteiger partial charge on any atom is 0.274 e. The third kappa shape index (κ3) is 5.04. The van der Waals surface area contributed by atoms with Crippen molar-refractivity contribution >= 4 is 23.0 Å². The molecule has 0 saturated carbocycles. The Bertz CT molecular complexity index is 968. The highest BCUT2D eigenvalue weighted by atomic mass is 16.5. The summed E-state index contributed by atoms with van der Waals surface area (Å²) in [4.78, 5) is 16.8. The predicted molar refractivity (Wildman–Crippen MR) is 116 cm³/mol. The van der Waals surface area contributed by atoms with Crippen molar-refractivity contribution < 1.29 is 14.3 Å². The maximum atomic E-state index is 12.5. The summed E-state index contributed by atoms with van der Waals surface area (Å²) in [6.07, 6.45) is 1.64. The van der Waals surface area contributed by atoms with Gasteiger partial charge in [-0.3, -0.25) is 4.79 Å². The van der Waals surface area contributed by atoms with E-state index < -0.39 is 0 Å². The van der Waals surface area contributed by atoms with E-state index in [1.54, 1.807) is 37.6 Å². The maximum absolute atomic E-state index is 12.5. The van der Waals surface area contributed by atoms with E-state index in [2.05, 4.69) is 41.6 Å². The SMILES string of the molecule is COc1ccc(NC(=O)c2ccc(Nc3ccc(C(C)C)cc3)cn2)c(OC)c1. The molecule has 150 valence electrons. The second-order valence-electron chi connectivity index (χ2n) is 6.85. The fourth-order valence-corrected chi connectivity index (χ4v) is 2.81. The molecule has 0 radical (unpaired) electrons. The topological polar surface area (TPSA) is 72.5 Å². The van der Waals surface area contributed by atoms with E-state index in [0.717, 1.165) is 11.4 Å². The molecule has 2 N–H and O–H groups in total. The van der Waals surface area contributed by atoms with Crippen molar-refractivity contribution in [3.8, 4) is 11.5 Å². The van der Waals surface area contributed by atoms with E-state index in [-0.39, 0.29) is 5.91 Å². The van der Waals surface area contributed by atoms with Crippen molar-refractivity contribution in [3.63, 3.8) is 0 Å². The first-order valence-electron chi connectivity index (χ1n) is 9.36. The quantitative estimate of drug-likeness (QED) is 0.578. The minimum absolute atomic E-state index is 0.309. The number of carbonyl (C=O) groups is 1. The molecule has 0 saturated heterocycles. The van der Waals surface area contributed by atoms with Gasteiger partial charge in [0, 0.05) is 11.8 Å². The van der Waals surface area contributed by atoms with E-state index >= 15 is 0 Å². The highest BCUT2D eigenvalue weighted by Crippen LogP contribution is 2.29. The first kappa shape index (κ1) is 20.2. The molecule has 0 bridgehead atoms. The summed E-state index contributed by atoms with van der Waals surface area (Å²) in [7, 11) is 3.11. The van der Waals surface area contributed by atoms with Gasteiger partial charge in [-0.2, -0.15) is 0 Å². The zero-order valence-electron chi connectivity index (χ0n) is 17.0. The summed E-state index contributed by atoms with van der Waals surface area (Å²) >= 11 is 0. The molecule has 0 unspecified atom stereocenters. The molecule has 6 nitrogen and oxygen atoms in total. The van der Waals surface area contributed by atoms with E-state index in [4.69, 9.17) is 9.47 Å². The van der Waals surface area contributed by atoms with Gasteiger partial charge in [-0.05, 0) is 47.9 Å². The Morgan fingerprint density at radius 2 is 1.66 bits per heavy atom. The number of pyridine rings is 1. The number of carbonyl (C=O) groups excluding carboxylic acids is 1. The molecule has 0 aliphatic carbocycles. The summed E-state index contributed by atoms with van der Waals surface area (Å²) in [6.45, 7) is 4.33. The van der Waals surface area contributed by atoms with Gasteiger partial charge in [0.1, 0.15) is 17.2 Å². The molecule has 0 aliphatic rings. The Morgan fingerprint density at radius 1 is 0.931 bits per heavy atom. The first-order chi connectivity index (χ1) is 14.0. The molecular formula is C23H25N3O3. The minimum atomic E-state index is -0.318. The summed E-state index contributed by atoms with van der Waals surface area (Å²) in [6, 6.07) is 17.0. The highest BCUT2D eigenvalue weighted by molar-refractivity contribution is 6.03. The largest absolute Gasteiger partial charge is 0.497 e.